The van der Waals surface area contributed by atoms with Crippen LogP contribution in [0.1, 0.15) is 12.8 Å². The average Bonchev–Trinajstić information content (AvgIpc) is 2.41. The number of benzene rings is 1. The summed E-state index contributed by atoms with van der Waals surface area (Å²) >= 11 is 6.29. The van der Waals surface area contributed by atoms with E-state index in [1.54, 1.807) is 0 Å². The van der Waals surface area contributed by atoms with Gasteiger partial charge in [0, 0.05) is 33.2 Å². The second-order valence-corrected chi connectivity index (χ2v) is 5.84. The number of likely N-dealkylation sites (tertiary alicyclic amines) is 1. The Morgan fingerprint density at radius 1 is 1.40 bits per heavy atom. The van der Waals surface area contributed by atoms with Crippen molar-refractivity contribution in [1.82, 2.24) is 4.90 Å². The van der Waals surface area contributed by atoms with E-state index in [0.717, 1.165) is 48.9 Å². The molecule has 0 aromatic heterocycles. The molecule has 1 aliphatic rings. The summed E-state index contributed by atoms with van der Waals surface area (Å²) in [7, 11) is 4.03. The molecule has 0 radical (unpaired) electrons. The van der Waals surface area contributed by atoms with Crippen molar-refractivity contribution in [3.05, 3.63) is 23.2 Å². The number of nitrogens with one attached hydrogen (secondary N) is 1. The summed E-state index contributed by atoms with van der Waals surface area (Å²) in [6.07, 6.45) is 7.58. The molecular weight excluding hydrogens is 270 g/mol. The lowest BCUT2D eigenvalue weighted by Gasteiger charge is -2.32. The summed E-state index contributed by atoms with van der Waals surface area (Å²) in [4.78, 5) is 4.38. The molecule has 0 atom stereocenters. The van der Waals surface area contributed by atoms with Crippen LogP contribution in [-0.4, -0.2) is 44.7 Å². The van der Waals surface area contributed by atoms with E-state index in [-0.39, 0.29) is 0 Å². The molecule has 4 heteroatoms. The maximum Gasteiger partial charge on any atom is 0.0786 e. The van der Waals surface area contributed by atoms with Gasteiger partial charge in [-0.1, -0.05) is 23.6 Å². The van der Waals surface area contributed by atoms with Gasteiger partial charge in [-0.3, -0.25) is 4.90 Å². The maximum absolute atomic E-state index is 6.29. The second-order valence-electron chi connectivity index (χ2n) is 5.43. The number of anilines is 2. The monoisotopic (exact) mass is 291 g/mol. The fourth-order valence-corrected chi connectivity index (χ4v) is 3.01. The van der Waals surface area contributed by atoms with Gasteiger partial charge in [0.15, 0.2) is 0 Å². The number of hydrogen-bond donors (Lipinski definition) is 1. The van der Waals surface area contributed by atoms with Crippen LogP contribution in [0.25, 0.3) is 0 Å². The van der Waals surface area contributed by atoms with Gasteiger partial charge in [0.1, 0.15) is 0 Å². The number of para-hydroxylation sites is 1. The lowest BCUT2D eigenvalue weighted by atomic mass is 10.0. The molecule has 3 nitrogen and oxygen atoms in total. The Morgan fingerprint density at radius 3 is 2.70 bits per heavy atom. The molecular formula is C16H22ClN3. The van der Waals surface area contributed by atoms with Crippen LogP contribution in [0.15, 0.2) is 18.2 Å². The number of rotatable bonds is 4. The van der Waals surface area contributed by atoms with E-state index in [1.807, 2.05) is 26.2 Å². The Bertz CT molecular complexity index is 485. The molecule has 0 spiro atoms. The minimum absolute atomic E-state index is 0.487. The largest absolute Gasteiger partial charge is 0.380 e. The zero-order chi connectivity index (χ0) is 14.5. The van der Waals surface area contributed by atoms with Gasteiger partial charge in [0.25, 0.3) is 0 Å². The predicted octanol–water partition coefficient (Wildman–Crippen LogP) is 2.92. The highest BCUT2D eigenvalue weighted by Crippen LogP contribution is 2.33. The quantitative estimate of drug-likeness (QED) is 0.861. The SMILES string of the molecule is C#CCN1CCC(Nc2cccc(Cl)c2N(C)C)CC1. The third-order valence-corrected chi connectivity index (χ3v) is 4.00. The van der Waals surface area contributed by atoms with E-state index in [2.05, 4.69) is 27.1 Å². The van der Waals surface area contributed by atoms with E-state index in [1.165, 1.54) is 0 Å². The third kappa shape index (κ3) is 3.59. The zero-order valence-electron chi connectivity index (χ0n) is 12.2. The van der Waals surface area contributed by atoms with Gasteiger partial charge in [-0.15, -0.1) is 6.42 Å². The van der Waals surface area contributed by atoms with Crippen molar-refractivity contribution in [1.29, 1.82) is 0 Å². The maximum atomic E-state index is 6.29. The topological polar surface area (TPSA) is 18.5 Å². The summed E-state index contributed by atoms with van der Waals surface area (Å²) < 4.78 is 0. The van der Waals surface area contributed by atoms with Crippen molar-refractivity contribution in [3.63, 3.8) is 0 Å². The van der Waals surface area contributed by atoms with Gasteiger partial charge in [0.2, 0.25) is 0 Å². The van der Waals surface area contributed by atoms with Crippen LogP contribution in [0.2, 0.25) is 5.02 Å². The van der Waals surface area contributed by atoms with Crippen LogP contribution in [0.3, 0.4) is 0 Å². The average molecular weight is 292 g/mol. The molecule has 1 saturated heterocycles. The standard InChI is InChI=1S/C16H22ClN3/c1-4-10-20-11-8-13(9-12-20)18-15-7-5-6-14(17)16(15)19(2)3/h1,5-7,13,18H,8-12H2,2-3H3. The molecule has 1 N–H and O–H groups in total. The van der Waals surface area contributed by atoms with E-state index in [4.69, 9.17) is 18.0 Å². The van der Waals surface area contributed by atoms with Gasteiger partial charge in [-0.2, -0.15) is 0 Å². The molecule has 1 aliphatic heterocycles. The zero-order valence-corrected chi connectivity index (χ0v) is 13.0. The number of halogens is 1. The highest BCUT2D eigenvalue weighted by atomic mass is 35.5. The van der Waals surface area contributed by atoms with Gasteiger partial charge in [0.05, 0.1) is 22.9 Å². The molecule has 108 valence electrons. The Balaban J connectivity index is 2.02. The smallest absolute Gasteiger partial charge is 0.0786 e. The summed E-state index contributed by atoms with van der Waals surface area (Å²) in [5, 5.41) is 4.41. The van der Waals surface area contributed by atoms with Gasteiger partial charge < -0.3 is 10.2 Å². The minimum Gasteiger partial charge on any atom is -0.380 e. The van der Waals surface area contributed by atoms with Crippen molar-refractivity contribution < 1.29 is 0 Å². The van der Waals surface area contributed by atoms with Gasteiger partial charge >= 0.3 is 0 Å². The molecule has 1 aromatic carbocycles. The normalized spacial score (nSPS) is 16.7. The predicted molar refractivity (Wildman–Crippen MR) is 87.7 cm³/mol. The molecule has 20 heavy (non-hydrogen) atoms. The van der Waals surface area contributed by atoms with Crippen molar-refractivity contribution in [2.45, 2.75) is 18.9 Å². The number of piperidine rings is 1. The Morgan fingerprint density at radius 2 is 2.10 bits per heavy atom. The molecule has 0 bridgehead atoms. The first-order valence-corrected chi connectivity index (χ1v) is 7.38. The van der Waals surface area contributed by atoms with Gasteiger partial charge in [-0.05, 0) is 25.0 Å². The summed E-state index contributed by atoms with van der Waals surface area (Å²) in [6, 6.07) is 6.50. The van der Waals surface area contributed by atoms with Crippen LogP contribution >= 0.6 is 11.6 Å². The fourth-order valence-electron chi connectivity index (χ4n) is 2.67. The highest BCUT2D eigenvalue weighted by Gasteiger charge is 2.20. The molecule has 0 saturated carbocycles. The first-order chi connectivity index (χ1) is 9.61. The molecule has 2 rings (SSSR count). The summed E-state index contributed by atoms with van der Waals surface area (Å²) in [5.74, 6) is 2.71. The number of nitrogens with zero attached hydrogens (tertiary/aromatic N) is 2. The molecule has 1 fully saturated rings. The molecule has 1 heterocycles. The fraction of sp³-hybridized carbons (Fsp3) is 0.500. The molecule has 0 aliphatic carbocycles. The lowest BCUT2D eigenvalue weighted by molar-refractivity contribution is 0.243. The highest BCUT2D eigenvalue weighted by molar-refractivity contribution is 6.34. The van der Waals surface area contributed by atoms with Gasteiger partial charge in [-0.25, -0.2) is 0 Å². The number of hydrogen-bond acceptors (Lipinski definition) is 3. The minimum atomic E-state index is 0.487. The third-order valence-electron chi connectivity index (χ3n) is 3.70. The van der Waals surface area contributed by atoms with Crippen molar-refractivity contribution in [2.24, 2.45) is 0 Å². The van der Waals surface area contributed by atoms with Crippen molar-refractivity contribution in [2.75, 3.05) is 43.9 Å². The Hall–Kier alpha value is -1.37. The van der Waals surface area contributed by atoms with Crippen molar-refractivity contribution in [3.8, 4) is 12.3 Å². The van der Waals surface area contributed by atoms with E-state index in [0.29, 0.717) is 6.04 Å². The Kier molecular flexibility index (Phi) is 5.17. The Labute approximate surface area is 126 Å². The first-order valence-electron chi connectivity index (χ1n) is 7.00. The molecule has 1 aromatic rings. The summed E-state index contributed by atoms with van der Waals surface area (Å²) in [5.41, 5.74) is 2.16. The van der Waals surface area contributed by atoms with E-state index in [9.17, 15) is 0 Å². The van der Waals surface area contributed by atoms with Crippen LogP contribution < -0.4 is 10.2 Å². The first kappa shape index (κ1) is 15.0. The second kappa shape index (κ2) is 6.88. The van der Waals surface area contributed by atoms with E-state index >= 15 is 0 Å². The summed E-state index contributed by atoms with van der Waals surface area (Å²) in [6.45, 7) is 2.87. The molecule has 0 unspecified atom stereocenters. The van der Waals surface area contributed by atoms with Crippen LogP contribution in [0.4, 0.5) is 11.4 Å². The van der Waals surface area contributed by atoms with Crippen LogP contribution in [0.5, 0.6) is 0 Å². The van der Waals surface area contributed by atoms with Crippen molar-refractivity contribution >= 4 is 23.0 Å². The molecule has 0 amide bonds. The number of terminal acetylenes is 1. The van der Waals surface area contributed by atoms with E-state index < -0.39 is 0 Å². The lowest BCUT2D eigenvalue weighted by Crippen LogP contribution is -2.39. The van der Waals surface area contributed by atoms with Crippen LogP contribution in [0, 0.1) is 12.3 Å². The van der Waals surface area contributed by atoms with Crippen LogP contribution in [-0.2, 0) is 0 Å².